The van der Waals surface area contributed by atoms with E-state index < -0.39 is 36.6 Å². The van der Waals surface area contributed by atoms with E-state index in [2.05, 4.69) is 0 Å². The van der Waals surface area contributed by atoms with Crippen LogP contribution in [0, 0.1) is 0 Å². The predicted molar refractivity (Wildman–Crippen MR) is 28.8 cm³/mol. The van der Waals surface area contributed by atoms with Crippen molar-refractivity contribution in [1.29, 1.82) is 0 Å². The molecule has 0 saturated carbocycles. The Morgan fingerprint density at radius 2 is 0.217 bits per heavy atom. The van der Waals surface area contributed by atoms with Gasteiger partial charge < -0.3 is 75.4 Å². The van der Waals surface area contributed by atoms with Crippen molar-refractivity contribution >= 4 is 36.6 Å². The van der Waals surface area contributed by atoms with Gasteiger partial charge in [-0.25, -0.2) is 0 Å². The van der Waals surface area contributed by atoms with E-state index in [1.54, 1.807) is 0 Å². The fourth-order valence-electron chi connectivity index (χ4n) is 0. The standard InChI is InChI=1S/5BO3.3Nb/c5*2-1(3)4;;;/q5*-3;3*+5. The van der Waals surface area contributed by atoms with Crippen LogP contribution >= 0.6 is 0 Å². The molecule has 0 bridgehead atoms. The Morgan fingerprint density at radius 3 is 0.217 bits per heavy atom. The summed E-state index contributed by atoms with van der Waals surface area (Å²) in [6.07, 6.45) is 0. The smallest absolute Gasteiger partial charge is 0.907 e. The molecule has 0 aromatic rings. The SMILES string of the molecule is [Nb+5].[Nb+5].[Nb+5].[O-]B([O-])[O-].[O-]B([O-])[O-].[O-]B([O-])[O-].[O-]B([O-])[O-].[O-]B([O-])[O-]. The summed E-state index contributed by atoms with van der Waals surface area (Å²) in [6.45, 7) is 0. The third kappa shape index (κ3) is 3050. The Morgan fingerprint density at radius 1 is 0.217 bits per heavy atom. The largest absolute Gasteiger partial charge is 5.00 e. The molecule has 0 spiro atoms. The Labute approximate surface area is 178 Å². The van der Waals surface area contributed by atoms with Crippen molar-refractivity contribution in [2.24, 2.45) is 0 Å². The summed E-state index contributed by atoms with van der Waals surface area (Å²) < 4.78 is 0. The molecule has 0 aromatic heterocycles. The van der Waals surface area contributed by atoms with Gasteiger partial charge in [0.1, 0.15) is 0 Å². The van der Waals surface area contributed by atoms with Crippen LogP contribution in [0.1, 0.15) is 0 Å². The minimum Gasteiger partial charge on any atom is -0.907 e. The maximum absolute atomic E-state index is 8.42. The van der Waals surface area contributed by atoms with Crippen LogP contribution in [0.5, 0.6) is 0 Å². The Balaban J connectivity index is -0.0000000197. The number of rotatable bonds is 0. The predicted octanol–water partition coefficient (Wildman–Crippen LogP) is -19.7. The fourth-order valence-corrected chi connectivity index (χ4v) is 0. The molecule has 0 unspecified atom stereocenters. The van der Waals surface area contributed by atoms with E-state index in [1.807, 2.05) is 0 Å². The first-order valence-corrected chi connectivity index (χ1v) is 3.54. The quantitative estimate of drug-likeness (QED) is 0.243. The molecular formula is B5Nb3O15. The van der Waals surface area contributed by atoms with Crippen molar-refractivity contribution in [2.75, 3.05) is 0 Å². The Kier molecular flexibility index (Phi) is 95.1. The average Bonchev–Trinajstić information content (AvgIpc) is 1.94. The van der Waals surface area contributed by atoms with Crippen molar-refractivity contribution in [1.82, 2.24) is 0 Å². The van der Waals surface area contributed by atoms with Gasteiger partial charge in [0.15, 0.2) is 0 Å². The molecular weight excluding hydrogens is 573 g/mol. The fraction of sp³-hybridized carbons (Fsp3) is 0. The van der Waals surface area contributed by atoms with Crippen LogP contribution in [0.25, 0.3) is 0 Å². The van der Waals surface area contributed by atoms with Crippen molar-refractivity contribution < 1.29 is 143 Å². The summed E-state index contributed by atoms with van der Waals surface area (Å²) >= 11 is 0. The third-order valence-corrected chi connectivity index (χ3v) is 0. The minimum atomic E-state index is -2.92. The van der Waals surface area contributed by atoms with Gasteiger partial charge in [-0.3, -0.25) is 36.6 Å². The van der Waals surface area contributed by atoms with Gasteiger partial charge in [-0.2, -0.15) is 0 Å². The molecule has 0 heterocycles. The summed E-state index contributed by atoms with van der Waals surface area (Å²) in [5, 5.41) is 126. The maximum atomic E-state index is 8.42. The monoisotopic (exact) mass is 574 g/mol. The maximum Gasteiger partial charge on any atom is 5.00 e. The van der Waals surface area contributed by atoms with Gasteiger partial charge in [0.25, 0.3) is 0 Å². The molecule has 15 nitrogen and oxygen atoms in total. The average molecular weight is 573 g/mol. The summed E-state index contributed by atoms with van der Waals surface area (Å²) in [7, 11) is -14.6. The molecule has 0 aliphatic heterocycles. The van der Waals surface area contributed by atoms with Crippen LogP contribution in [0.15, 0.2) is 0 Å². The molecule has 0 rings (SSSR count). The molecule has 0 atom stereocenters. The van der Waals surface area contributed by atoms with E-state index in [0.29, 0.717) is 0 Å². The van der Waals surface area contributed by atoms with E-state index in [9.17, 15) is 0 Å². The van der Waals surface area contributed by atoms with Crippen molar-refractivity contribution in [2.45, 2.75) is 0 Å². The van der Waals surface area contributed by atoms with Crippen LogP contribution in [0.3, 0.4) is 0 Å². The van der Waals surface area contributed by atoms with Crippen LogP contribution < -0.4 is 75.4 Å². The Bertz CT molecular complexity index is 87.7. The zero-order valence-electron chi connectivity index (χ0n) is 10.4. The molecule has 0 aliphatic carbocycles. The molecule has 120 valence electrons. The van der Waals surface area contributed by atoms with Gasteiger partial charge in [-0.05, 0) is 0 Å². The van der Waals surface area contributed by atoms with E-state index in [1.165, 1.54) is 0 Å². The van der Waals surface area contributed by atoms with E-state index in [4.69, 9.17) is 75.4 Å². The van der Waals surface area contributed by atoms with E-state index in [0.717, 1.165) is 0 Å². The molecule has 0 fully saturated rings. The normalized spacial score (nSPS) is 5.87. The second-order valence-corrected chi connectivity index (χ2v) is 1.44. The second kappa shape index (κ2) is 43.9. The molecule has 0 radical (unpaired) electrons. The molecule has 0 amide bonds. The molecule has 0 aromatic carbocycles. The van der Waals surface area contributed by atoms with Crippen molar-refractivity contribution in [3.8, 4) is 0 Å². The number of hydrogen-bond acceptors (Lipinski definition) is 15. The molecule has 0 saturated heterocycles. The molecule has 23 heteroatoms. The van der Waals surface area contributed by atoms with Gasteiger partial charge in [0.2, 0.25) is 0 Å². The van der Waals surface area contributed by atoms with Crippen molar-refractivity contribution in [3.63, 3.8) is 0 Å². The van der Waals surface area contributed by atoms with Crippen LogP contribution in [0.4, 0.5) is 0 Å². The van der Waals surface area contributed by atoms with Gasteiger partial charge in [0, 0.05) is 0 Å². The van der Waals surface area contributed by atoms with Crippen molar-refractivity contribution in [3.05, 3.63) is 0 Å². The molecule has 0 N–H and O–H groups in total. The van der Waals surface area contributed by atoms with Gasteiger partial charge >= 0.3 is 67.1 Å². The first kappa shape index (κ1) is 49.8. The third-order valence-electron chi connectivity index (χ3n) is 0. The first-order valence-electron chi connectivity index (χ1n) is 3.54. The van der Waals surface area contributed by atoms with Gasteiger partial charge in [0.05, 0.1) is 0 Å². The summed E-state index contributed by atoms with van der Waals surface area (Å²) in [4.78, 5) is 0. The van der Waals surface area contributed by atoms with Crippen LogP contribution in [0.2, 0.25) is 0 Å². The van der Waals surface area contributed by atoms with E-state index >= 15 is 0 Å². The first-order chi connectivity index (χ1) is 8.66. The van der Waals surface area contributed by atoms with Crippen LogP contribution in [-0.4, -0.2) is 36.6 Å². The van der Waals surface area contributed by atoms with Crippen LogP contribution in [-0.2, 0) is 67.1 Å². The summed E-state index contributed by atoms with van der Waals surface area (Å²) in [5.41, 5.74) is 0. The summed E-state index contributed by atoms with van der Waals surface area (Å²) in [6, 6.07) is 0. The number of hydrogen-bond donors (Lipinski definition) is 0. The second-order valence-electron chi connectivity index (χ2n) is 1.44. The van der Waals surface area contributed by atoms with Gasteiger partial charge in [-0.1, -0.05) is 0 Å². The zero-order valence-corrected chi connectivity index (χ0v) is 16.9. The molecule has 23 heavy (non-hydrogen) atoms. The topological polar surface area (TPSA) is 346 Å². The zero-order chi connectivity index (χ0) is 17.9. The molecule has 0 aliphatic rings. The minimum absolute atomic E-state index is 0. The Hall–Kier alpha value is 1.95. The van der Waals surface area contributed by atoms with Gasteiger partial charge in [-0.15, -0.1) is 0 Å². The summed E-state index contributed by atoms with van der Waals surface area (Å²) in [5.74, 6) is 0. The van der Waals surface area contributed by atoms with E-state index in [-0.39, 0.29) is 67.1 Å².